The van der Waals surface area contributed by atoms with Crippen molar-refractivity contribution in [2.24, 2.45) is 0 Å². The molecule has 17 heavy (non-hydrogen) atoms. The monoisotopic (exact) mass is 319 g/mol. The molecule has 0 aliphatic carbocycles. The Bertz CT molecular complexity index is 347. The van der Waals surface area contributed by atoms with Crippen molar-refractivity contribution < 1.29 is 0 Å². The van der Waals surface area contributed by atoms with Crippen LogP contribution in [0.15, 0.2) is 10.8 Å². The summed E-state index contributed by atoms with van der Waals surface area (Å²) < 4.78 is 0.738. The van der Waals surface area contributed by atoms with Crippen LogP contribution in [0, 0.1) is 0 Å². The smallest absolute Gasteiger partial charge is 0.148 e. The molecule has 0 amide bonds. The molecule has 1 N–H and O–H groups in total. The summed E-state index contributed by atoms with van der Waals surface area (Å²) in [4.78, 5) is 8.07. The average Bonchev–Trinajstić information content (AvgIpc) is 2.31. The molecule has 0 radical (unpaired) electrons. The van der Waals surface area contributed by atoms with Gasteiger partial charge in [-0.05, 0) is 29.3 Å². The predicted octanol–water partition coefficient (Wildman–Crippen LogP) is 4.66. The van der Waals surface area contributed by atoms with Crippen molar-refractivity contribution in [3.8, 4) is 0 Å². The zero-order valence-electron chi connectivity index (χ0n) is 10.3. The van der Waals surface area contributed by atoms with Crippen LogP contribution in [-0.2, 0) is 0 Å². The van der Waals surface area contributed by atoms with E-state index in [-0.39, 0.29) is 0 Å². The second kappa shape index (κ2) is 7.88. The van der Waals surface area contributed by atoms with Crippen LogP contribution < -0.4 is 5.32 Å². The van der Waals surface area contributed by atoms with E-state index in [1.54, 1.807) is 0 Å². The van der Waals surface area contributed by atoms with E-state index in [9.17, 15) is 0 Å². The van der Waals surface area contributed by atoms with Crippen molar-refractivity contribution in [3.05, 3.63) is 16.0 Å². The minimum atomic E-state index is 0.397. The third-order valence-corrected chi connectivity index (χ3v) is 3.89. The number of hydrogen-bond donors (Lipinski definition) is 1. The van der Waals surface area contributed by atoms with Gasteiger partial charge in [0.2, 0.25) is 0 Å². The second-order valence-corrected chi connectivity index (χ2v) is 5.37. The molecule has 1 aromatic rings. The summed E-state index contributed by atoms with van der Waals surface area (Å²) in [5.41, 5.74) is 0. The Morgan fingerprint density at radius 2 is 2.12 bits per heavy atom. The number of unbranched alkanes of at least 4 members (excludes halogenated alkanes) is 3. The van der Waals surface area contributed by atoms with Gasteiger partial charge in [0.25, 0.3) is 0 Å². The van der Waals surface area contributed by atoms with Gasteiger partial charge in [0, 0.05) is 6.04 Å². The molecule has 3 nitrogen and oxygen atoms in total. The molecule has 1 heterocycles. The minimum Gasteiger partial charge on any atom is -0.367 e. The van der Waals surface area contributed by atoms with Gasteiger partial charge in [0.1, 0.15) is 17.3 Å². The largest absolute Gasteiger partial charge is 0.367 e. The fraction of sp³-hybridized carbons (Fsp3) is 0.667. The molecule has 1 atom stereocenters. The van der Waals surface area contributed by atoms with E-state index in [0.29, 0.717) is 11.2 Å². The van der Waals surface area contributed by atoms with E-state index >= 15 is 0 Å². The molecule has 0 bridgehead atoms. The summed E-state index contributed by atoms with van der Waals surface area (Å²) in [5, 5.41) is 3.79. The van der Waals surface area contributed by atoms with Crippen LogP contribution in [-0.4, -0.2) is 16.0 Å². The maximum absolute atomic E-state index is 5.90. The summed E-state index contributed by atoms with van der Waals surface area (Å²) in [6.07, 6.45) is 7.75. The molecule has 96 valence electrons. The van der Waals surface area contributed by atoms with Crippen LogP contribution in [0.2, 0.25) is 5.15 Å². The number of aromatic nitrogens is 2. The highest BCUT2D eigenvalue weighted by atomic mass is 79.9. The highest BCUT2D eigenvalue weighted by Gasteiger charge is 2.09. The molecular weight excluding hydrogens is 302 g/mol. The lowest BCUT2D eigenvalue weighted by molar-refractivity contribution is 0.592. The normalized spacial score (nSPS) is 12.5. The minimum absolute atomic E-state index is 0.397. The van der Waals surface area contributed by atoms with Crippen LogP contribution in [0.5, 0.6) is 0 Å². The molecule has 1 aromatic heterocycles. The van der Waals surface area contributed by atoms with Gasteiger partial charge in [0.15, 0.2) is 0 Å². The van der Waals surface area contributed by atoms with E-state index in [4.69, 9.17) is 11.6 Å². The fourth-order valence-electron chi connectivity index (χ4n) is 1.63. The first-order valence-corrected chi connectivity index (χ1v) is 7.24. The predicted molar refractivity (Wildman–Crippen MR) is 76.6 cm³/mol. The Labute approximate surface area is 117 Å². The van der Waals surface area contributed by atoms with Crippen molar-refractivity contribution in [3.63, 3.8) is 0 Å². The quantitative estimate of drug-likeness (QED) is 0.586. The van der Waals surface area contributed by atoms with Crippen LogP contribution in [0.3, 0.4) is 0 Å². The van der Waals surface area contributed by atoms with E-state index in [1.165, 1.54) is 32.0 Å². The van der Waals surface area contributed by atoms with Crippen molar-refractivity contribution in [1.29, 1.82) is 0 Å². The SMILES string of the molecule is CCCCCCC(C)Nc1ncnc(Cl)c1Br. The lowest BCUT2D eigenvalue weighted by atomic mass is 10.1. The number of anilines is 1. The summed E-state index contributed by atoms with van der Waals surface area (Å²) in [5.74, 6) is 0.771. The van der Waals surface area contributed by atoms with Crippen molar-refractivity contribution in [2.75, 3.05) is 5.32 Å². The van der Waals surface area contributed by atoms with Gasteiger partial charge >= 0.3 is 0 Å². The third kappa shape index (κ3) is 5.21. The van der Waals surface area contributed by atoms with E-state index in [2.05, 4.69) is 45.1 Å². The molecule has 0 spiro atoms. The van der Waals surface area contributed by atoms with Gasteiger partial charge in [-0.15, -0.1) is 0 Å². The Morgan fingerprint density at radius 3 is 2.82 bits per heavy atom. The van der Waals surface area contributed by atoms with Gasteiger partial charge in [-0.3, -0.25) is 0 Å². The first kappa shape index (κ1) is 14.7. The third-order valence-electron chi connectivity index (χ3n) is 2.62. The number of halogens is 2. The Kier molecular flexibility index (Phi) is 6.82. The Hall–Kier alpha value is -0.350. The van der Waals surface area contributed by atoms with Crippen LogP contribution in [0.1, 0.15) is 46.0 Å². The van der Waals surface area contributed by atoms with E-state index in [1.807, 2.05) is 0 Å². The number of rotatable bonds is 7. The lowest BCUT2D eigenvalue weighted by Gasteiger charge is -2.15. The average molecular weight is 321 g/mol. The summed E-state index contributed by atoms with van der Waals surface area (Å²) in [7, 11) is 0. The molecule has 1 rings (SSSR count). The highest BCUT2D eigenvalue weighted by Crippen LogP contribution is 2.26. The second-order valence-electron chi connectivity index (χ2n) is 4.22. The van der Waals surface area contributed by atoms with Crippen LogP contribution in [0.4, 0.5) is 5.82 Å². The summed E-state index contributed by atoms with van der Waals surface area (Å²) >= 11 is 9.29. The van der Waals surface area contributed by atoms with Gasteiger partial charge in [0.05, 0.1) is 4.47 Å². The zero-order chi connectivity index (χ0) is 12.7. The number of nitrogens with zero attached hydrogens (tertiary/aromatic N) is 2. The van der Waals surface area contributed by atoms with Crippen LogP contribution >= 0.6 is 27.5 Å². The molecule has 0 aliphatic heterocycles. The van der Waals surface area contributed by atoms with Gasteiger partial charge < -0.3 is 5.32 Å². The lowest BCUT2D eigenvalue weighted by Crippen LogP contribution is -2.16. The molecular formula is C12H19BrClN3. The maximum atomic E-state index is 5.90. The van der Waals surface area contributed by atoms with Crippen molar-refractivity contribution in [2.45, 2.75) is 52.0 Å². The van der Waals surface area contributed by atoms with E-state index < -0.39 is 0 Å². The van der Waals surface area contributed by atoms with Gasteiger partial charge in [-0.1, -0.05) is 44.2 Å². The molecule has 0 saturated carbocycles. The number of nitrogens with one attached hydrogen (secondary N) is 1. The summed E-state index contributed by atoms with van der Waals surface area (Å²) in [6, 6.07) is 0.397. The van der Waals surface area contributed by atoms with E-state index in [0.717, 1.165) is 16.7 Å². The Morgan fingerprint density at radius 1 is 1.35 bits per heavy atom. The molecule has 0 aromatic carbocycles. The molecule has 1 unspecified atom stereocenters. The Balaban J connectivity index is 2.39. The van der Waals surface area contributed by atoms with Crippen molar-refractivity contribution in [1.82, 2.24) is 9.97 Å². The molecule has 0 aliphatic rings. The fourth-order valence-corrected chi connectivity index (χ4v) is 2.08. The van der Waals surface area contributed by atoms with Gasteiger partial charge in [-0.25, -0.2) is 9.97 Å². The topological polar surface area (TPSA) is 37.8 Å². The van der Waals surface area contributed by atoms with Gasteiger partial charge in [-0.2, -0.15) is 0 Å². The van der Waals surface area contributed by atoms with Crippen LogP contribution in [0.25, 0.3) is 0 Å². The van der Waals surface area contributed by atoms with Crippen molar-refractivity contribution >= 4 is 33.3 Å². The highest BCUT2D eigenvalue weighted by molar-refractivity contribution is 9.10. The standard InChI is InChI=1S/C12H19BrClN3/c1-3-4-5-6-7-9(2)17-12-10(13)11(14)15-8-16-12/h8-9H,3-7H2,1-2H3,(H,15,16,17). The maximum Gasteiger partial charge on any atom is 0.148 e. The molecule has 5 heteroatoms. The first-order chi connectivity index (χ1) is 8.15. The molecule has 0 saturated heterocycles. The first-order valence-electron chi connectivity index (χ1n) is 6.07. The number of hydrogen-bond acceptors (Lipinski definition) is 3. The zero-order valence-corrected chi connectivity index (χ0v) is 12.7. The summed E-state index contributed by atoms with van der Waals surface area (Å²) in [6.45, 7) is 4.38. The molecule has 0 fully saturated rings.